The van der Waals surface area contributed by atoms with Crippen LogP contribution in [0.3, 0.4) is 0 Å². The maximum absolute atomic E-state index is 13.5. The molecule has 6 heteroatoms. The smallest absolute Gasteiger partial charge is 0.231 e. The molecule has 1 amide bonds. The molecule has 0 spiro atoms. The molecule has 25 heavy (non-hydrogen) atoms. The van der Waals surface area contributed by atoms with Gasteiger partial charge in [0.2, 0.25) is 5.91 Å². The summed E-state index contributed by atoms with van der Waals surface area (Å²) in [6.45, 7) is 3.75. The van der Waals surface area contributed by atoms with Crippen LogP contribution in [0.5, 0.6) is 0 Å². The maximum atomic E-state index is 13.5. The Hall–Kier alpha value is -2.76. The number of benzene rings is 1. The highest BCUT2D eigenvalue weighted by Gasteiger charge is 2.43. The zero-order chi connectivity index (χ0) is 17.7. The number of hydrogen-bond acceptors (Lipinski definition) is 2. The van der Waals surface area contributed by atoms with Gasteiger partial charge in [-0.25, -0.2) is 13.8 Å². The molecule has 1 N–H and O–H groups in total. The van der Waals surface area contributed by atoms with Gasteiger partial charge in [-0.2, -0.15) is 0 Å². The third-order valence-electron chi connectivity index (χ3n) is 4.54. The number of carbonyl (C=O) groups excluding carboxylic acids is 1. The summed E-state index contributed by atoms with van der Waals surface area (Å²) in [5, 5.41) is 2.65. The van der Waals surface area contributed by atoms with Gasteiger partial charge >= 0.3 is 0 Å². The molecule has 2 aromatic heterocycles. The lowest BCUT2D eigenvalue weighted by Gasteiger charge is -2.10. The average molecular weight is 341 g/mol. The number of anilines is 1. The summed E-state index contributed by atoms with van der Waals surface area (Å²) in [6.07, 6.45) is 2.83. The van der Waals surface area contributed by atoms with Crippen molar-refractivity contribution in [2.24, 2.45) is 5.92 Å². The summed E-state index contributed by atoms with van der Waals surface area (Å²) in [6, 6.07) is 6.77. The molecule has 128 valence electrons. The van der Waals surface area contributed by atoms with Crippen LogP contribution in [0.2, 0.25) is 0 Å². The lowest BCUT2D eigenvalue weighted by atomic mass is 9.97. The van der Waals surface area contributed by atoms with Crippen LogP contribution in [0.15, 0.2) is 36.7 Å². The second-order valence-electron chi connectivity index (χ2n) is 6.57. The highest BCUT2D eigenvalue weighted by Crippen LogP contribution is 2.34. The standard InChI is InChI=1S/C19H17F2N3O/c1-10-5-13(20)6-11(2)18(10)12-3-4-17-22-16(9-24(17)8-12)23-19(25)14-7-15(14)21/h3-6,8-9,14-15H,7H2,1-2H3,(H,23,25)/t14-,15?/m1/s1. The van der Waals surface area contributed by atoms with Gasteiger partial charge in [-0.3, -0.25) is 4.79 Å². The second-order valence-corrected chi connectivity index (χ2v) is 6.57. The number of rotatable bonds is 3. The minimum absolute atomic E-state index is 0.251. The monoisotopic (exact) mass is 341 g/mol. The van der Waals surface area contributed by atoms with Gasteiger partial charge in [-0.1, -0.05) is 0 Å². The Morgan fingerprint density at radius 1 is 1.24 bits per heavy atom. The first-order valence-corrected chi connectivity index (χ1v) is 8.13. The van der Waals surface area contributed by atoms with Crippen molar-refractivity contribution in [3.8, 4) is 11.1 Å². The van der Waals surface area contributed by atoms with Crippen LogP contribution in [0.1, 0.15) is 17.5 Å². The second kappa shape index (κ2) is 5.65. The van der Waals surface area contributed by atoms with E-state index in [1.165, 1.54) is 12.1 Å². The van der Waals surface area contributed by atoms with Crippen molar-refractivity contribution in [3.63, 3.8) is 0 Å². The summed E-state index contributed by atoms with van der Waals surface area (Å²) >= 11 is 0. The van der Waals surface area contributed by atoms with Crippen LogP contribution in [0.25, 0.3) is 16.8 Å². The number of fused-ring (bicyclic) bond motifs is 1. The van der Waals surface area contributed by atoms with Crippen molar-refractivity contribution in [2.45, 2.75) is 26.4 Å². The highest BCUT2D eigenvalue weighted by atomic mass is 19.1. The maximum Gasteiger partial charge on any atom is 0.231 e. The number of hydrogen-bond donors (Lipinski definition) is 1. The number of aryl methyl sites for hydroxylation is 2. The molecule has 0 radical (unpaired) electrons. The van der Waals surface area contributed by atoms with E-state index in [-0.39, 0.29) is 18.1 Å². The van der Waals surface area contributed by atoms with Gasteiger partial charge in [0.05, 0.1) is 12.1 Å². The van der Waals surface area contributed by atoms with E-state index in [2.05, 4.69) is 10.3 Å². The van der Waals surface area contributed by atoms with E-state index in [0.717, 1.165) is 22.3 Å². The molecule has 0 bridgehead atoms. The van der Waals surface area contributed by atoms with E-state index < -0.39 is 12.1 Å². The largest absolute Gasteiger partial charge is 0.309 e. The van der Waals surface area contributed by atoms with E-state index in [1.54, 1.807) is 10.6 Å². The lowest BCUT2D eigenvalue weighted by molar-refractivity contribution is -0.117. The zero-order valence-electron chi connectivity index (χ0n) is 13.9. The van der Waals surface area contributed by atoms with Crippen LogP contribution in [-0.4, -0.2) is 21.5 Å². The topological polar surface area (TPSA) is 46.4 Å². The van der Waals surface area contributed by atoms with E-state index >= 15 is 0 Å². The molecule has 1 aromatic carbocycles. The molecule has 1 fully saturated rings. The number of imidazole rings is 1. The van der Waals surface area contributed by atoms with Gasteiger partial charge in [0.25, 0.3) is 0 Å². The van der Waals surface area contributed by atoms with Gasteiger partial charge in [0, 0.05) is 6.20 Å². The van der Waals surface area contributed by atoms with Gasteiger partial charge in [0.1, 0.15) is 17.6 Å². The minimum Gasteiger partial charge on any atom is -0.309 e. The van der Waals surface area contributed by atoms with E-state index in [4.69, 9.17) is 0 Å². The molecule has 0 saturated heterocycles. The Balaban J connectivity index is 1.68. The fourth-order valence-corrected chi connectivity index (χ4v) is 3.22. The summed E-state index contributed by atoms with van der Waals surface area (Å²) in [7, 11) is 0. The minimum atomic E-state index is -1.03. The number of pyridine rings is 1. The molecule has 2 atom stereocenters. The normalized spacial score (nSPS) is 19.2. The van der Waals surface area contributed by atoms with Gasteiger partial charge in [0.15, 0.2) is 5.82 Å². The van der Waals surface area contributed by atoms with E-state index in [1.807, 2.05) is 32.2 Å². The summed E-state index contributed by atoms with van der Waals surface area (Å²) in [5.41, 5.74) is 4.29. The predicted octanol–water partition coefficient (Wildman–Crippen LogP) is 4.05. The van der Waals surface area contributed by atoms with Crippen LogP contribution in [0.4, 0.5) is 14.6 Å². The van der Waals surface area contributed by atoms with E-state index in [9.17, 15) is 13.6 Å². The van der Waals surface area contributed by atoms with Crippen molar-refractivity contribution in [1.82, 2.24) is 9.38 Å². The third-order valence-corrected chi connectivity index (χ3v) is 4.54. The molecule has 1 unspecified atom stereocenters. The van der Waals surface area contributed by atoms with Crippen molar-refractivity contribution < 1.29 is 13.6 Å². The van der Waals surface area contributed by atoms with Crippen LogP contribution in [0, 0.1) is 25.6 Å². The van der Waals surface area contributed by atoms with Crippen molar-refractivity contribution in [1.29, 1.82) is 0 Å². The number of nitrogens with one attached hydrogen (secondary N) is 1. The first kappa shape index (κ1) is 15.7. The van der Waals surface area contributed by atoms with Crippen LogP contribution < -0.4 is 5.32 Å². The fraction of sp³-hybridized carbons (Fsp3) is 0.263. The van der Waals surface area contributed by atoms with E-state index in [0.29, 0.717) is 11.5 Å². The van der Waals surface area contributed by atoms with Gasteiger partial charge < -0.3 is 9.72 Å². The zero-order valence-corrected chi connectivity index (χ0v) is 13.9. The Labute approximate surface area is 143 Å². The molecule has 1 aliphatic carbocycles. The van der Waals surface area contributed by atoms with Gasteiger partial charge in [-0.05, 0) is 66.8 Å². The Kier molecular flexibility index (Phi) is 3.56. The molecule has 1 saturated carbocycles. The molecule has 1 aliphatic rings. The number of alkyl halides is 1. The summed E-state index contributed by atoms with van der Waals surface area (Å²) < 4.78 is 28.3. The number of halogens is 2. The first-order valence-electron chi connectivity index (χ1n) is 8.13. The average Bonchev–Trinajstić information content (AvgIpc) is 3.13. The molecular weight excluding hydrogens is 324 g/mol. The SMILES string of the molecule is Cc1cc(F)cc(C)c1-c1ccc2nc(NC(=O)[C@@H]3CC3F)cn2c1. The Morgan fingerprint density at radius 2 is 1.92 bits per heavy atom. The quantitative estimate of drug-likeness (QED) is 0.781. The molecule has 2 heterocycles. The Morgan fingerprint density at radius 3 is 2.56 bits per heavy atom. The van der Waals surface area contributed by atoms with Crippen LogP contribution >= 0.6 is 0 Å². The number of carbonyl (C=O) groups is 1. The highest BCUT2D eigenvalue weighted by molar-refractivity contribution is 5.94. The predicted molar refractivity (Wildman–Crippen MR) is 91.7 cm³/mol. The van der Waals surface area contributed by atoms with Crippen molar-refractivity contribution in [3.05, 3.63) is 53.6 Å². The Bertz CT molecular complexity index is 972. The summed E-state index contributed by atoms with van der Waals surface area (Å²) in [4.78, 5) is 16.2. The van der Waals surface area contributed by atoms with Crippen LogP contribution in [-0.2, 0) is 4.79 Å². The molecule has 3 aromatic rings. The fourth-order valence-electron chi connectivity index (χ4n) is 3.22. The van der Waals surface area contributed by atoms with Crippen molar-refractivity contribution >= 4 is 17.4 Å². The molecule has 0 aliphatic heterocycles. The number of aromatic nitrogens is 2. The summed E-state index contributed by atoms with van der Waals surface area (Å²) in [5.74, 6) is -0.737. The number of nitrogens with zero attached hydrogens (tertiary/aromatic N) is 2. The lowest BCUT2D eigenvalue weighted by Crippen LogP contribution is -2.15. The van der Waals surface area contributed by atoms with Crippen molar-refractivity contribution in [2.75, 3.05) is 5.32 Å². The van der Waals surface area contributed by atoms with Gasteiger partial charge in [-0.15, -0.1) is 0 Å². The molecule has 4 rings (SSSR count). The third kappa shape index (κ3) is 2.88. The molecule has 4 nitrogen and oxygen atoms in total. The molecular formula is C19H17F2N3O. The first-order chi connectivity index (χ1) is 11.9. The number of amides is 1.